The number of carbonyl (C=O) groups excluding carboxylic acids is 1. The van der Waals surface area contributed by atoms with E-state index in [-0.39, 0.29) is 18.9 Å². The smallest absolute Gasteiger partial charge is 0.306 e. The van der Waals surface area contributed by atoms with Gasteiger partial charge in [0.1, 0.15) is 0 Å². The standard InChI is InChI=1S/C15H21NO4/c1-11-4-3-5-12(8-11)6-7-14(17)16-10-13(20-2)9-15(18)19/h3-5,8,13H,6-7,9-10H2,1-2H3,(H,16,17)(H,18,19). The molecule has 0 aliphatic carbocycles. The third-order valence-electron chi connectivity index (χ3n) is 2.99. The van der Waals surface area contributed by atoms with Crippen LogP contribution in [0.2, 0.25) is 0 Å². The van der Waals surface area contributed by atoms with Crippen LogP contribution in [0.4, 0.5) is 0 Å². The van der Waals surface area contributed by atoms with Crippen LogP contribution in [0.3, 0.4) is 0 Å². The summed E-state index contributed by atoms with van der Waals surface area (Å²) in [5.41, 5.74) is 2.29. The van der Waals surface area contributed by atoms with Crippen molar-refractivity contribution in [2.45, 2.75) is 32.3 Å². The highest BCUT2D eigenvalue weighted by atomic mass is 16.5. The van der Waals surface area contributed by atoms with Crippen molar-refractivity contribution >= 4 is 11.9 Å². The molecule has 0 aliphatic rings. The molecule has 0 saturated heterocycles. The Morgan fingerprint density at radius 2 is 2.15 bits per heavy atom. The third-order valence-corrected chi connectivity index (χ3v) is 2.99. The lowest BCUT2D eigenvalue weighted by Gasteiger charge is -2.13. The number of carboxylic acid groups (broad SMARTS) is 1. The summed E-state index contributed by atoms with van der Waals surface area (Å²) in [5.74, 6) is -1.04. The van der Waals surface area contributed by atoms with E-state index in [0.29, 0.717) is 12.8 Å². The van der Waals surface area contributed by atoms with Crippen molar-refractivity contribution in [2.75, 3.05) is 13.7 Å². The highest BCUT2D eigenvalue weighted by Crippen LogP contribution is 2.06. The van der Waals surface area contributed by atoms with Gasteiger partial charge in [0.15, 0.2) is 0 Å². The topological polar surface area (TPSA) is 75.6 Å². The maximum absolute atomic E-state index is 11.7. The van der Waals surface area contributed by atoms with Crippen molar-refractivity contribution in [2.24, 2.45) is 0 Å². The zero-order valence-electron chi connectivity index (χ0n) is 11.9. The van der Waals surface area contributed by atoms with Crippen LogP contribution >= 0.6 is 0 Å². The zero-order chi connectivity index (χ0) is 15.0. The molecule has 0 aromatic heterocycles. The number of rotatable bonds is 8. The van der Waals surface area contributed by atoms with Crippen LogP contribution < -0.4 is 5.32 Å². The van der Waals surface area contributed by atoms with Gasteiger partial charge in [-0.15, -0.1) is 0 Å². The molecule has 0 fully saturated rings. The highest BCUT2D eigenvalue weighted by molar-refractivity contribution is 5.76. The maximum atomic E-state index is 11.7. The average molecular weight is 279 g/mol. The Bertz CT molecular complexity index is 459. The van der Waals surface area contributed by atoms with Gasteiger partial charge in [0.25, 0.3) is 0 Å². The SMILES string of the molecule is COC(CNC(=O)CCc1cccc(C)c1)CC(=O)O. The molecule has 0 bridgehead atoms. The van der Waals surface area contributed by atoms with E-state index in [0.717, 1.165) is 5.56 Å². The second-order valence-electron chi connectivity index (χ2n) is 4.75. The Hall–Kier alpha value is -1.88. The Morgan fingerprint density at radius 3 is 2.75 bits per heavy atom. The van der Waals surface area contributed by atoms with E-state index in [9.17, 15) is 9.59 Å². The summed E-state index contributed by atoms with van der Waals surface area (Å²) in [6.45, 7) is 2.23. The third kappa shape index (κ3) is 6.33. The van der Waals surface area contributed by atoms with Gasteiger partial charge < -0.3 is 15.2 Å². The van der Waals surface area contributed by atoms with Gasteiger partial charge in [-0.1, -0.05) is 29.8 Å². The molecule has 0 spiro atoms. The first-order valence-electron chi connectivity index (χ1n) is 6.58. The molecular formula is C15H21NO4. The first-order valence-corrected chi connectivity index (χ1v) is 6.58. The molecular weight excluding hydrogens is 258 g/mol. The van der Waals surface area contributed by atoms with Crippen molar-refractivity contribution in [3.8, 4) is 0 Å². The molecule has 0 aliphatic heterocycles. The number of carboxylic acids is 1. The molecule has 0 heterocycles. The fourth-order valence-electron chi connectivity index (χ4n) is 1.88. The summed E-state index contributed by atoms with van der Waals surface area (Å²) in [4.78, 5) is 22.3. The summed E-state index contributed by atoms with van der Waals surface area (Å²) in [6.07, 6.45) is 0.446. The molecule has 0 saturated carbocycles. The van der Waals surface area contributed by atoms with Crippen LogP contribution in [0.5, 0.6) is 0 Å². The minimum absolute atomic E-state index is 0.0982. The van der Waals surface area contributed by atoms with E-state index in [1.165, 1.54) is 12.7 Å². The molecule has 1 aromatic rings. The average Bonchev–Trinajstić information content (AvgIpc) is 2.40. The van der Waals surface area contributed by atoms with Crippen molar-refractivity contribution in [1.82, 2.24) is 5.32 Å². The molecule has 5 nitrogen and oxygen atoms in total. The molecule has 1 atom stereocenters. The molecule has 1 unspecified atom stereocenters. The quantitative estimate of drug-likeness (QED) is 0.756. The Labute approximate surface area is 118 Å². The monoisotopic (exact) mass is 279 g/mol. The fourth-order valence-corrected chi connectivity index (χ4v) is 1.88. The van der Waals surface area contributed by atoms with Crippen LogP contribution in [0.25, 0.3) is 0 Å². The van der Waals surface area contributed by atoms with Crippen LogP contribution in [0.1, 0.15) is 24.0 Å². The van der Waals surface area contributed by atoms with Crippen LogP contribution in [-0.2, 0) is 20.7 Å². The first kappa shape index (κ1) is 16.2. The van der Waals surface area contributed by atoms with Gasteiger partial charge in [-0.25, -0.2) is 0 Å². The number of hydrogen-bond donors (Lipinski definition) is 2. The summed E-state index contributed by atoms with van der Waals surface area (Å²) in [6, 6.07) is 8.02. The number of hydrogen-bond acceptors (Lipinski definition) is 3. The summed E-state index contributed by atoms with van der Waals surface area (Å²) >= 11 is 0. The summed E-state index contributed by atoms with van der Waals surface area (Å²) < 4.78 is 4.99. The zero-order valence-corrected chi connectivity index (χ0v) is 11.9. The van der Waals surface area contributed by atoms with Gasteiger partial charge in [0, 0.05) is 20.1 Å². The predicted molar refractivity (Wildman–Crippen MR) is 75.6 cm³/mol. The van der Waals surface area contributed by atoms with Crippen molar-refractivity contribution < 1.29 is 19.4 Å². The lowest BCUT2D eigenvalue weighted by atomic mass is 10.1. The van der Waals surface area contributed by atoms with E-state index >= 15 is 0 Å². The number of carbonyl (C=O) groups is 2. The van der Waals surface area contributed by atoms with Gasteiger partial charge in [-0.3, -0.25) is 9.59 Å². The van der Waals surface area contributed by atoms with Crippen LogP contribution in [0, 0.1) is 6.92 Å². The van der Waals surface area contributed by atoms with Crippen molar-refractivity contribution in [3.63, 3.8) is 0 Å². The first-order chi connectivity index (χ1) is 9.51. The number of methoxy groups -OCH3 is 1. The Morgan fingerprint density at radius 1 is 1.40 bits per heavy atom. The van der Waals surface area contributed by atoms with E-state index in [1.54, 1.807) is 0 Å². The molecule has 20 heavy (non-hydrogen) atoms. The van der Waals surface area contributed by atoms with Crippen molar-refractivity contribution in [3.05, 3.63) is 35.4 Å². The van der Waals surface area contributed by atoms with Gasteiger partial charge >= 0.3 is 5.97 Å². The van der Waals surface area contributed by atoms with E-state index in [1.807, 2.05) is 25.1 Å². The largest absolute Gasteiger partial charge is 0.481 e. The number of nitrogens with one attached hydrogen (secondary N) is 1. The van der Waals surface area contributed by atoms with Gasteiger partial charge in [-0.2, -0.15) is 0 Å². The predicted octanol–water partition coefficient (Wildman–Crippen LogP) is 1.53. The summed E-state index contributed by atoms with van der Waals surface area (Å²) in [7, 11) is 1.44. The number of aliphatic carboxylic acids is 1. The van der Waals surface area contributed by atoms with Gasteiger partial charge in [0.2, 0.25) is 5.91 Å². The molecule has 0 radical (unpaired) electrons. The minimum Gasteiger partial charge on any atom is -0.481 e. The highest BCUT2D eigenvalue weighted by Gasteiger charge is 2.13. The molecule has 1 amide bonds. The molecule has 5 heteroatoms. The lowest BCUT2D eigenvalue weighted by Crippen LogP contribution is -2.34. The minimum atomic E-state index is -0.939. The molecule has 110 valence electrons. The fraction of sp³-hybridized carbons (Fsp3) is 0.467. The maximum Gasteiger partial charge on any atom is 0.306 e. The van der Waals surface area contributed by atoms with Crippen LogP contribution in [0.15, 0.2) is 24.3 Å². The summed E-state index contributed by atoms with van der Waals surface area (Å²) in [5, 5.41) is 11.4. The van der Waals surface area contributed by atoms with E-state index < -0.39 is 12.1 Å². The second kappa shape index (κ2) is 8.32. The van der Waals surface area contributed by atoms with Crippen molar-refractivity contribution in [1.29, 1.82) is 0 Å². The Balaban J connectivity index is 2.31. The van der Waals surface area contributed by atoms with Gasteiger partial charge in [0.05, 0.1) is 12.5 Å². The molecule has 2 N–H and O–H groups in total. The molecule has 1 rings (SSSR count). The number of amides is 1. The van der Waals surface area contributed by atoms with Crippen LogP contribution in [-0.4, -0.2) is 36.7 Å². The number of ether oxygens (including phenoxy) is 1. The number of benzene rings is 1. The Kier molecular flexibility index (Phi) is 6.73. The van der Waals surface area contributed by atoms with E-state index in [2.05, 4.69) is 11.4 Å². The lowest BCUT2D eigenvalue weighted by molar-refractivity contribution is -0.140. The number of aryl methyl sites for hydroxylation is 2. The normalized spacial score (nSPS) is 11.9. The molecule has 1 aromatic carbocycles. The second-order valence-corrected chi connectivity index (χ2v) is 4.75. The van der Waals surface area contributed by atoms with E-state index in [4.69, 9.17) is 9.84 Å². The van der Waals surface area contributed by atoms with Gasteiger partial charge in [-0.05, 0) is 18.9 Å².